The Balaban J connectivity index is 1.88. The second-order valence-electron chi connectivity index (χ2n) is 20.6. The molecule has 8 heteroatoms. The zero-order valence-corrected chi connectivity index (χ0v) is 38.5. The number of rotatable bonds is 12. The summed E-state index contributed by atoms with van der Waals surface area (Å²) in [6.45, 7) is 27.9. The van der Waals surface area contributed by atoms with E-state index in [-0.39, 0.29) is 72.8 Å². The maximum atomic E-state index is 12.4. The molecule has 4 N–H and O–H groups in total. The Morgan fingerprint density at radius 1 is 0.367 bits per heavy atom. The third kappa shape index (κ3) is 11.6. The molecule has 4 aromatic carbocycles. The SMILES string of the molecule is CC(C)(C)c1cc2c(O)c(c1)Cc1cc(C(C)(C)C)cc(c1OCCOCCO)Cc1cc(C(C)(C)C)cc(c1O)Cc1cc(C(C)(C)C)cc(c1OCCOCCO)C2. The second-order valence-corrected chi connectivity index (χ2v) is 20.6. The zero-order chi connectivity index (χ0) is 44.2. The number of phenolic OH excluding ortho intramolecular Hbond substituents is 2. The van der Waals surface area contributed by atoms with Crippen molar-refractivity contribution < 1.29 is 39.4 Å². The molecule has 0 fully saturated rings. The molecule has 1 aliphatic carbocycles. The molecule has 0 amide bonds. The number of ether oxygens (including phenoxy) is 4. The maximum Gasteiger partial charge on any atom is 0.126 e. The van der Waals surface area contributed by atoms with Crippen LogP contribution in [0.4, 0.5) is 0 Å². The van der Waals surface area contributed by atoms with Gasteiger partial charge in [-0.25, -0.2) is 0 Å². The molecule has 5 rings (SSSR count). The van der Waals surface area contributed by atoms with Gasteiger partial charge in [0.25, 0.3) is 0 Å². The van der Waals surface area contributed by atoms with Crippen LogP contribution in [0.15, 0.2) is 48.5 Å². The molecule has 0 unspecified atom stereocenters. The Morgan fingerprint density at radius 2 is 0.600 bits per heavy atom. The Bertz CT molecular complexity index is 1860. The highest BCUT2D eigenvalue weighted by molar-refractivity contribution is 5.59. The molecule has 0 saturated carbocycles. The van der Waals surface area contributed by atoms with Crippen molar-refractivity contribution >= 4 is 0 Å². The third-order valence-electron chi connectivity index (χ3n) is 11.4. The first kappa shape index (κ1) is 47.0. The van der Waals surface area contributed by atoms with Gasteiger partial charge in [0.2, 0.25) is 0 Å². The van der Waals surface area contributed by atoms with Crippen LogP contribution in [0.2, 0.25) is 0 Å². The quantitative estimate of drug-likeness (QED) is 0.0920. The highest BCUT2D eigenvalue weighted by Gasteiger charge is 2.28. The van der Waals surface area contributed by atoms with Crippen molar-refractivity contribution in [1.29, 1.82) is 0 Å². The molecule has 8 bridgehead atoms. The molecule has 8 nitrogen and oxygen atoms in total. The smallest absolute Gasteiger partial charge is 0.126 e. The van der Waals surface area contributed by atoms with E-state index >= 15 is 0 Å². The lowest BCUT2D eigenvalue weighted by molar-refractivity contribution is 0.0701. The summed E-state index contributed by atoms with van der Waals surface area (Å²) in [7, 11) is 0. The molecular formula is C52H72O8. The minimum atomic E-state index is -0.216. The summed E-state index contributed by atoms with van der Waals surface area (Å²) in [4.78, 5) is 0. The first-order valence-electron chi connectivity index (χ1n) is 21.7. The van der Waals surface area contributed by atoms with Gasteiger partial charge in [-0.1, -0.05) is 132 Å². The predicted octanol–water partition coefficient (Wildman–Crippen LogP) is 9.74. The van der Waals surface area contributed by atoms with Crippen LogP contribution in [0.5, 0.6) is 23.0 Å². The molecule has 0 spiro atoms. The van der Waals surface area contributed by atoms with E-state index in [0.717, 1.165) is 66.8 Å². The number of hydrogen-bond acceptors (Lipinski definition) is 8. The van der Waals surface area contributed by atoms with Crippen LogP contribution in [-0.2, 0) is 56.8 Å². The summed E-state index contributed by atoms with van der Waals surface area (Å²) in [5, 5.41) is 43.6. The van der Waals surface area contributed by atoms with E-state index < -0.39 is 0 Å². The number of aromatic hydroxyl groups is 2. The van der Waals surface area contributed by atoms with Crippen molar-refractivity contribution in [2.24, 2.45) is 0 Å². The molecule has 0 aromatic heterocycles. The second kappa shape index (κ2) is 18.9. The first-order chi connectivity index (χ1) is 28.0. The molecule has 0 aliphatic heterocycles. The average Bonchev–Trinajstić information content (AvgIpc) is 3.13. The van der Waals surface area contributed by atoms with Gasteiger partial charge in [0.1, 0.15) is 36.2 Å². The van der Waals surface area contributed by atoms with Crippen molar-refractivity contribution in [3.8, 4) is 23.0 Å². The average molecular weight is 825 g/mol. The fourth-order valence-electron chi connectivity index (χ4n) is 7.76. The number of hydrogen-bond donors (Lipinski definition) is 4. The summed E-state index contributed by atoms with van der Waals surface area (Å²) >= 11 is 0. The number of phenols is 2. The third-order valence-corrected chi connectivity index (χ3v) is 11.4. The molecular weight excluding hydrogens is 753 g/mol. The van der Waals surface area contributed by atoms with Crippen LogP contribution in [0.3, 0.4) is 0 Å². The van der Waals surface area contributed by atoms with Crippen molar-refractivity contribution in [2.45, 2.75) is 130 Å². The van der Waals surface area contributed by atoms with Gasteiger partial charge in [0.15, 0.2) is 0 Å². The van der Waals surface area contributed by atoms with Gasteiger partial charge in [-0.3, -0.25) is 0 Å². The fraction of sp³-hybridized carbons (Fsp3) is 0.538. The van der Waals surface area contributed by atoms with Gasteiger partial charge in [-0.15, -0.1) is 0 Å². The number of benzene rings is 4. The molecule has 0 radical (unpaired) electrons. The lowest BCUT2D eigenvalue weighted by Gasteiger charge is -2.28. The molecule has 60 heavy (non-hydrogen) atoms. The summed E-state index contributed by atoms with van der Waals surface area (Å²) < 4.78 is 24.7. The van der Waals surface area contributed by atoms with Crippen LogP contribution >= 0.6 is 0 Å². The predicted molar refractivity (Wildman–Crippen MR) is 242 cm³/mol. The van der Waals surface area contributed by atoms with Gasteiger partial charge in [-0.05, 0) is 88.4 Å². The lowest BCUT2D eigenvalue weighted by atomic mass is 9.79. The van der Waals surface area contributed by atoms with Crippen LogP contribution in [0.25, 0.3) is 0 Å². The Morgan fingerprint density at radius 3 is 0.817 bits per heavy atom. The molecule has 0 atom stereocenters. The van der Waals surface area contributed by atoms with E-state index in [2.05, 4.69) is 132 Å². The summed E-state index contributed by atoms with van der Waals surface area (Å²) in [5.74, 6) is 1.91. The molecule has 0 heterocycles. The van der Waals surface area contributed by atoms with Crippen molar-refractivity contribution in [3.05, 3.63) is 115 Å². The molecule has 328 valence electrons. The zero-order valence-electron chi connectivity index (χ0n) is 38.5. The molecule has 0 saturated heterocycles. The Hall–Kier alpha value is -4.08. The summed E-state index contributed by atoms with van der Waals surface area (Å²) in [6, 6.07) is 17.4. The Kier molecular flexibility index (Phi) is 14.8. The van der Waals surface area contributed by atoms with Gasteiger partial charge in [-0.2, -0.15) is 0 Å². The van der Waals surface area contributed by atoms with E-state index in [1.807, 2.05) is 0 Å². The largest absolute Gasteiger partial charge is 0.507 e. The van der Waals surface area contributed by atoms with E-state index in [1.165, 1.54) is 0 Å². The fourth-order valence-corrected chi connectivity index (χ4v) is 7.76. The van der Waals surface area contributed by atoms with Crippen LogP contribution in [0.1, 0.15) is 150 Å². The standard InChI is InChI=1S/C52H72O8/c1-49(2,3)41-25-33-21-37-29-43(51(7,8)9)31-39(47(37)59-19-17-57-15-13-53)23-35-27-42(50(4,5)6)28-36(46(35)56)24-40-32-44(52(10,11)12)30-38(22-34(26-41)45(33)55)48(40)60-20-18-58-16-14-54/h25-32,53-56H,13-24H2,1-12H3. The van der Waals surface area contributed by atoms with Gasteiger partial charge in [0, 0.05) is 25.7 Å². The van der Waals surface area contributed by atoms with E-state index in [0.29, 0.717) is 50.4 Å². The lowest BCUT2D eigenvalue weighted by Crippen LogP contribution is -2.17. The Labute approximate surface area is 359 Å². The highest BCUT2D eigenvalue weighted by atomic mass is 16.5. The van der Waals surface area contributed by atoms with Gasteiger partial charge in [0.05, 0.1) is 39.6 Å². The first-order valence-corrected chi connectivity index (χ1v) is 21.7. The monoisotopic (exact) mass is 825 g/mol. The number of aliphatic hydroxyl groups is 2. The minimum Gasteiger partial charge on any atom is -0.507 e. The number of aliphatic hydroxyl groups excluding tert-OH is 2. The summed E-state index contributed by atoms with van der Waals surface area (Å²) in [6.07, 6.45) is 1.63. The normalized spacial score (nSPS) is 13.7. The van der Waals surface area contributed by atoms with Crippen LogP contribution < -0.4 is 9.47 Å². The molecule has 4 aromatic rings. The summed E-state index contributed by atoms with van der Waals surface area (Å²) in [5.41, 5.74) is 10.6. The molecule has 1 aliphatic rings. The maximum absolute atomic E-state index is 12.4. The van der Waals surface area contributed by atoms with Crippen LogP contribution in [0, 0.1) is 0 Å². The minimum absolute atomic E-state index is 0.0674. The van der Waals surface area contributed by atoms with Crippen molar-refractivity contribution in [1.82, 2.24) is 0 Å². The van der Waals surface area contributed by atoms with Gasteiger partial charge >= 0.3 is 0 Å². The van der Waals surface area contributed by atoms with Crippen molar-refractivity contribution in [2.75, 3.05) is 52.9 Å². The highest BCUT2D eigenvalue weighted by Crippen LogP contribution is 2.43. The number of fused-ring (bicyclic) bond motifs is 8. The van der Waals surface area contributed by atoms with E-state index in [9.17, 15) is 20.4 Å². The topological polar surface area (TPSA) is 118 Å². The van der Waals surface area contributed by atoms with E-state index in [1.54, 1.807) is 0 Å². The van der Waals surface area contributed by atoms with Crippen molar-refractivity contribution in [3.63, 3.8) is 0 Å². The van der Waals surface area contributed by atoms with E-state index in [4.69, 9.17) is 18.9 Å². The van der Waals surface area contributed by atoms with Gasteiger partial charge < -0.3 is 39.4 Å². The van der Waals surface area contributed by atoms with Crippen LogP contribution in [-0.4, -0.2) is 73.3 Å².